The molecule has 5 heteroatoms. The molecule has 0 atom stereocenters. The molecule has 0 fully saturated rings. The van der Waals surface area contributed by atoms with Gasteiger partial charge in [0, 0.05) is 30.7 Å². The van der Waals surface area contributed by atoms with Gasteiger partial charge in [0.15, 0.2) is 0 Å². The number of ether oxygens (including phenoxy) is 1. The van der Waals surface area contributed by atoms with Crippen molar-refractivity contribution in [3.05, 3.63) is 28.9 Å². The van der Waals surface area contributed by atoms with Gasteiger partial charge in [-0.05, 0) is 18.2 Å². The number of halogens is 1. The first-order valence-electron chi connectivity index (χ1n) is 6.15. The largest absolute Gasteiger partial charge is 0.360 e. The molecule has 0 bridgehead atoms. The molecule has 0 spiro atoms. The number of rotatable bonds is 5. The summed E-state index contributed by atoms with van der Waals surface area (Å²) in [5.74, 6) is 0. The van der Waals surface area contributed by atoms with Crippen LogP contribution >= 0.6 is 15.9 Å². The third kappa shape index (κ3) is 3.67. The van der Waals surface area contributed by atoms with Crippen LogP contribution in [0.2, 0.25) is 25.7 Å². The fraction of sp³-hybridized carbons (Fsp3) is 0.462. The van der Waals surface area contributed by atoms with E-state index in [0.29, 0.717) is 6.73 Å². The number of hydrogen-bond acceptors (Lipinski definition) is 2. The molecule has 0 saturated heterocycles. The smallest absolute Gasteiger partial charge is 0.139 e. The van der Waals surface area contributed by atoms with Crippen LogP contribution in [0.4, 0.5) is 0 Å². The van der Waals surface area contributed by atoms with Crippen LogP contribution in [-0.4, -0.2) is 24.5 Å². The number of nitrogens with zero attached hydrogens (tertiary/aromatic N) is 2. The molecule has 2 aromatic rings. The Balaban J connectivity index is 1.94. The van der Waals surface area contributed by atoms with E-state index in [-0.39, 0.29) is 0 Å². The van der Waals surface area contributed by atoms with Gasteiger partial charge < -0.3 is 4.74 Å². The molecule has 1 aromatic carbocycles. The zero-order chi connectivity index (χ0) is 13.2. The molecule has 0 amide bonds. The highest BCUT2D eigenvalue weighted by Crippen LogP contribution is 2.22. The predicted molar refractivity (Wildman–Crippen MR) is 81.5 cm³/mol. The first-order valence-corrected chi connectivity index (χ1v) is 10.7. The summed E-state index contributed by atoms with van der Waals surface area (Å²) in [5.41, 5.74) is 0.998. The van der Waals surface area contributed by atoms with Crippen molar-refractivity contribution in [3.8, 4) is 0 Å². The average Bonchev–Trinajstić information content (AvgIpc) is 2.68. The topological polar surface area (TPSA) is 27.1 Å². The summed E-state index contributed by atoms with van der Waals surface area (Å²) in [5, 5.41) is 5.61. The molecule has 1 heterocycles. The lowest BCUT2D eigenvalue weighted by Crippen LogP contribution is -2.22. The highest BCUT2D eigenvalue weighted by atomic mass is 79.9. The van der Waals surface area contributed by atoms with Gasteiger partial charge in [-0.1, -0.05) is 41.6 Å². The molecule has 0 N–H and O–H groups in total. The minimum Gasteiger partial charge on any atom is -0.360 e. The van der Waals surface area contributed by atoms with Crippen LogP contribution in [-0.2, 0) is 11.5 Å². The van der Waals surface area contributed by atoms with Crippen LogP contribution in [0, 0.1) is 0 Å². The zero-order valence-corrected chi connectivity index (χ0v) is 13.7. The molecular weight excluding hydrogens is 308 g/mol. The minimum atomic E-state index is -0.998. The predicted octanol–water partition coefficient (Wildman–Crippen LogP) is 4.11. The zero-order valence-electron chi connectivity index (χ0n) is 11.1. The molecule has 0 aliphatic rings. The van der Waals surface area contributed by atoms with E-state index in [1.54, 1.807) is 0 Å². The number of benzene rings is 1. The van der Waals surface area contributed by atoms with E-state index in [1.807, 2.05) is 29.1 Å². The van der Waals surface area contributed by atoms with Crippen molar-refractivity contribution in [2.45, 2.75) is 32.4 Å². The summed E-state index contributed by atoms with van der Waals surface area (Å²) >= 11 is 3.53. The van der Waals surface area contributed by atoms with E-state index >= 15 is 0 Å². The Morgan fingerprint density at radius 2 is 2.11 bits per heavy atom. The second kappa shape index (κ2) is 5.55. The van der Waals surface area contributed by atoms with Gasteiger partial charge in [-0.3, -0.25) is 0 Å². The molecule has 1 aromatic heterocycles. The Morgan fingerprint density at radius 3 is 2.78 bits per heavy atom. The van der Waals surface area contributed by atoms with E-state index in [1.165, 1.54) is 6.04 Å². The molecule has 0 aliphatic heterocycles. The Kier molecular flexibility index (Phi) is 4.24. The summed E-state index contributed by atoms with van der Waals surface area (Å²) in [6.45, 7) is 8.43. The van der Waals surface area contributed by atoms with E-state index in [4.69, 9.17) is 4.74 Å². The Bertz CT molecular complexity index is 533. The van der Waals surface area contributed by atoms with Crippen molar-refractivity contribution in [1.82, 2.24) is 9.78 Å². The SMILES string of the molecule is C[Si](C)(C)CCOCn1cc2c(Br)cccc2n1. The summed E-state index contributed by atoms with van der Waals surface area (Å²) in [6, 6.07) is 7.23. The maximum Gasteiger partial charge on any atom is 0.139 e. The average molecular weight is 327 g/mol. The summed E-state index contributed by atoms with van der Waals surface area (Å²) in [7, 11) is -0.998. The van der Waals surface area contributed by atoms with Gasteiger partial charge in [-0.15, -0.1) is 0 Å². The number of fused-ring (bicyclic) bond motifs is 1. The van der Waals surface area contributed by atoms with Crippen LogP contribution in [0.1, 0.15) is 0 Å². The molecule has 18 heavy (non-hydrogen) atoms. The van der Waals surface area contributed by atoms with Crippen LogP contribution in [0.5, 0.6) is 0 Å². The summed E-state index contributed by atoms with van der Waals surface area (Å²) < 4.78 is 8.62. The van der Waals surface area contributed by atoms with Gasteiger partial charge in [-0.25, -0.2) is 4.68 Å². The molecule has 0 aliphatic carbocycles. The van der Waals surface area contributed by atoms with Gasteiger partial charge >= 0.3 is 0 Å². The summed E-state index contributed by atoms with van der Waals surface area (Å²) in [6.07, 6.45) is 2.02. The van der Waals surface area contributed by atoms with Crippen LogP contribution in [0.15, 0.2) is 28.9 Å². The molecule has 3 nitrogen and oxygen atoms in total. The third-order valence-electron chi connectivity index (χ3n) is 2.76. The van der Waals surface area contributed by atoms with Gasteiger partial charge in [0.2, 0.25) is 0 Å². The van der Waals surface area contributed by atoms with Crippen molar-refractivity contribution >= 4 is 34.9 Å². The highest BCUT2D eigenvalue weighted by molar-refractivity contribution is 9.10. The molecule has 0 saturated carbocycles. The van der Waals surface area contributed by atoms with Crippen molar-refractivity contribution in [3.63, 3.8) is 0 Å². The van der Waals surface area contributed by atoms with Crippen molar-refractivity contribution < 1.29 is 4.74 Å². The molecular formula is C13H19BrN2OSi. The van der Waals surface area contributed by atoms with Gasteiger partial charge in [-0.2, -0.15) is 5.10 Å². The summed E-state index contributed by atoms with van der Waals surface area (Å²) in [4.78, 5) is 0. The Morgan fingerprint density at radius 1 is 1.33 bits per heavy atom. The lowest BCUT2D eigenvalue weighted by molar-refractivity contribution is 0.0791. The van der Waals surface area contributed by atoms with Gasteiger partial charge in [0.05, 0.1) is 5.52 Å². The third-order valence-corrected chi connectivity index (χ3v) is 5.16. The maximum atomic E-state index is 5.69. The fourth-order valence-corrected chi connectivity index (χ4v) is 2.87. The molecule has 0 radical (unpaired) electrons. The second-order valence-electron chi connectivity index (χ2n) is 5.69. The van der Waals surface area contributed by atoms with Crippen molar-refractivity contribution in [2.75, 3.05) is 6.61 Å². The quantitative estimate of drug-likeness (QED) is 0.610. The van der Waals surface area contributed by atoms with E-state index in [9.17, 15) is 0 Å². The van der Waals surface area contributed by atoms with E-state index < -0.39 is 8.07 Å². The standard InChI is InChI=1S/C13H19BrN2OSi/c1-18(2,3)8-7-17-10-16-9-11-12(14)5-4-6-13(11)15-16/h4-6,9H,7-8,10H2,1-3H3. The van der Waals surface area contributed by atoms with E-state index in [2.05, 4.69) is 40.7 Å². The highest BCUT2D eigenvalue weighted by Gasteiger charge is 2.12. The normalized spacial score (nSPS) is 12.2. The first-order chi connectivity index (χ1) is 8.46. The minimum absolute atomic E-state index is 0.533. The lowest BCUT2D eigenvalue weighted by atomic mass is 10.3. The van der Waals surface area contributed by atoms with Crippen molar-refractivity contribution in [2.24, 2.45) is 0 Å². The Labute approximate surface area is 117 Å². The second-order valence-corrected chi connectivity index (χ2v) is 12.2. The number of hydrogen-bond donors (Lipinski definition) is 0. The van der Waals surface area contributed by atoms with Crippen LogP contribution in [0.3, 0.4) is 0 Å². The van der Waals surface area contributed by atoms with Crippen LogP contribution < -0.4 is 0 Å². The number of aromatic nitrogens is 2. The van der Waals surface area contributed by atoms with Crippen molar-refractivity contribution in [1.29, 1.82) is 0 Å². The first kappa shape index (κ1) is 13.8. The van der Waals surface area contributed by atoms with E-state index in [0.717, 1.165) is 22.0 Å². The molecule has 2 rings (SSSR count). The lowest BCUT2D eigenvalue weighted by Gasteiger charge is -2.15. The Hall–Kier alpha value is -0.653. The monoisotopic (exact) mass is 326 g/mol. The van der Waals surface area contributed by atoms with Gasteiger partial charge in [0.25, 0.3) is 0 Å². The molecule has 0 unspecified atom stereocenters. The maximum absolute atomic E-state index is 5.69. The van der Waals surface area contributed by atoms with Crippen LogP contribution in [0.25, 0.3) is 10.9 Å². The van der Waals surface area contributed by atoms with Gasteiger partial charge in [0.1, 0.15) is 6.73 Å². The molecule has 98 valence electrons. The fourth-order valence-electron chi connectivity index (χ4n) is 1.66.